The molecule has 0 unspecified atom stereocenters. The normalized spacial score (nSPS) is 14.9. The van der Waals surface area contributed by atoms with Crippen LogP contribution in [0.5, 0.6) is 11.5 Å². The van der Waals surface area contributed by atoms with Gasteiger partial charge in [0.05, 0.1) is 20.6 Å². The summed E-state index contributed by atoms with van der Waals surface area (Å²) in [7, 11) is 3.17. The zero-order valence-corrected chi connectivity index (χ0v) is 15.8. The van der Waals surface area contributed by atoms with Crippen LogP contribution in [0.3, 0.4) is 0 Å². The molecule has 0 N–H and O–H groups in total. The minimum atomic E-state index is -0.176. The molecule has 0 bridgehead atoms. The Morgan fingerprint density at radius 3 is 2.37 bits per heavy atom. The summed E-state index contributed by atoms with van der Waals surface area (Å²) in [4.78, 5) is 16.7. The highest BCUT2D eigenvalue weighted by atomic mass is 19.1. The standard InChI is InChI=1S/C21H25FN2O3/c1-26-19-8-7-16(13-20(19)27-2)14-21(25)24-11-9-23(10-12-24)15-17-5-3-4-6-18(17)22/h3-8,13H,9-12,14-15H2,1-2H3. The highest BCUT2D eigenvalue weighted by molar-refractivity contribution is 5.79. The molecule has 3 rings (SSSR count). The second-order valence-corrected chi connectivity index (χ2v) is 6.61. The van der Waals surface area contributed by atoms with Crippen LogP contribution >= 0.6 is 0 Å². The Balaban J connectivity index is 1.53. The van der Waals surface area contributed by atoms with Crippen molar-refractivity contribution >= 4 is 5.91 Å². The number of methoxy groups -OCH3 is 2. The van der Waals surface area contributed by atoms with E-state index >= 15 is 0 Å². The molecule has 0 saturated carbocycles. The van der Waals surface area contributed by atoms with Crippen molar-refractivity contribution in [3.05, 3.63) is 59.4 Å². The summed E-state index contributed by atoms with van der Waals surface area (Å²) in [5.74, 6) is 1.19. The second-order valence-electron chi connectivity index (χ2n) is 6.61. The smallest absolute Gasteiger partial charge is 0.227 e. The van der Waals surface area contributed by atoms with Crippen LogP contribution in [0, 0.1) is 5.82 Å². The summed E-state index contributed by atoms with van der Waals surface area (Å²) in [6, 6.07) is 12.4. The van der Waals surface area contributed by atoms with Gasteiger partial charge in [-0.1, -0.05) is 24.3 Å². The zero-order valence-electron chi connectivity index (χ0n) is 15.8. The number of hydrogen-bond donors (Lipinski definition) is 0. The minimum absolute atomic E-state index is 0.0905. The summed E-state index contributed by atoms with van der Waals surface area (Å²) in [6.45, 7) is 3.36. The summed E-state index contributed by atoms with van der Waals surface area (Å²) < 4.78 is 24.3. The van der Waals surface area contributed by atoms with Gasteiger partial charge in [-0.2, -0.15) is 0 Å². The topological polar surface area (TPSA) is 42.0 Å². The van der Waals surface area contributed by atoms with Gasteiger partial charge >= 0.3 is 0 Å². The van der Waals surface area contributed by atoms with Crippen molar-refractivity contribution in [2.24, 2.45) is 0 Å². The van der Waals surface area contributed by atoms with E-state index in [0.29, 0.717) is 43.1 Å². The first-order valence-corrected chi connectivity index (χ1v) is 9.05. The third-order valence-corrected chi connectivity index (χ3v) is 4.88. The second kappa shape index (κ2) is 8.86. The summed E-state index contributed by atoms with van der Waals surface area (Å²) in [5.41, 5.74) is 1.59. The molecule has 0 aliphatic carbocycles. The molecule has 0 radical (unpaired) electrons. The van der Waals surface area contributed by atoms with E-state index in [0.717, 1.165) is 18.7 Å². The van der Waals surface area contributed by atoms with Crippen molar-refractivity contribution < 1.29 is 18.7 Å². The van der Waals surface area contributed by atoms with E-state index in [9.17, 15) is 9.18 Å². The molecule has 1 heterocycles. The van der Waals surface area contributed by atoms with Gasteiger partial charge in [0.1, 0.15) is 5.82 Å². The lowest BCUT2D eigenvalue weighted by Gasteiger charge is -2.35. The molecule has 2 aromatic rings. The first-order chi connectivity index (χ1) is 13.1. The number of piperazine rings is 1. The third-order valence-electron chi connectivity index (χ3n) is 4.88. The molecule has 0 aromatic heterocycles. The SMILES string of the molecule is COc1ccc(CC(=O)N2CCN(Cc3ccccc3F)CC2)cc1OC. The number of ether oxygens (including phenoxy) is 2. The van der Waals surface area contributed by atoms with Gasteiger partial charge in [0, 0.05) is 38.3 Å². The lowest BCUT2D eigenvalue weighted by Crippen LogP contribution is -2.48. The average Bonchev–Trinajstić information content (AvgIpc) is 2.70. The van der Waals surface area contributed by atoms with Crippen molar-refractivity contribution in [1.29, 1.82) is 0 Å². The van der Waals surface area contributed by atoms with E-state index in [-0.39, 0.29) is 11.7 Å². The fraction of sp³-hybridized carbons (Fsp3) is 0.381. The van der Waals surface area contributed by atoms with Crippen molar-refractivity contribution in [2.45, 2.75) is 13.0 Å². The minimum Gasteiger partial charge on any atom is -0.493 e. The van der Waals surface area contributed by atoms with Gasteiger partial charge in [0.15, 0.2) is 11.5 Å². The lowest BCUT2D eigenvalue weighted by molar-refractivity contribution is -0.132. The van der Waals surface area contributed by atoms with E-state index in [1.807, 2.05) is 35.2 Å². The number of amides is 1. The fourth-order valence-electron chi connectivity index (χ4n) is 3.30. The number of nitrogens with zero attached hydrogens (tertiary/aromatic N) is 2. The van der Waals surface area contributed by atoms with Crippen LogP contribution in [0.2, 0.25) is 0 Å². The van der Waals surface area contributed by atoms with Gasteiger partial charge in [-0.3, -0.25) is 9.69 Å². The molecule has 1 saturated heterocycles. The van der Waals surface area contributed by atoms with Crippen LogP contribution in [0.4, 0.5) is 4.39 Å². The van der Waals surface area contributed by atoms with Gasteiger partial charge in [-0.15, -0.1) is 0 Å². The van der Waals surface area contributed by atoms with Crippen molar-refractivity contribution in [2.75, 3.05) is 40.4 Å². The van der Waals surface area contributed by atoms with Crippen LogP contribution in [-0.4, -0.2) is 56.1 Å². The highest BCUT2D eigenvalue weighted by Crippen LogP contribution is 2.28. The van der Waals surface area contributed by atoms with Crippen LogP contribution in [0.25, 0.3) is 0 Å². The first kappa shape index (κ1) is 19.2. The number of hydrogen-bond acceptors (Lipinski definition) is 4. The quantitative estimate of drug-likeness (QED) is 0.782. The van der Waals surface area contributed by atoms with Crippen molar-refractivity contribution in [3.63, 3.8) is 0 Å². The average molecular weight is 372 g/mol. The Kier molecular flexibility index (Phi) is 6.29. The molecule has 0 atom stereocenters. The Morgan fingerprint density at radius 1 is 1.00 bits per heavy atom. The number of rotatable bonds is 6. The van der Waals surface area contributed by atoms with Gasteiger partial charge in [-0.25, -0.2) is 4.39 Å². The number of carbonyl (C=O) groups is 1. The van der Waals surface area contributed by atoms with E-state index in [4.69, 9.17) is 9.47 Å². The lowest BCUT2D eigenvalue weighted by atomic mass is 10.1. The molecule has 144 valence electrons. The zero-order chi connectivity index (χ0) is 19.2. The molecule has 1 amide bonds. The Bertz CT molecular complexity index is 789. The van der Waals surface area contributed by atoms with E-state index in [1.54, 1.807) is 20.3 Å². The summed E-state index contributed by atoms with van der Waals surface area (Å²) in [6.07, 6.45) is 0.327. The molecule has 0 spiro atoms. The Hall–Kier alpha value is -2.60. The van der Waals surface area contributed by atoms with E-state index < -0.39 is 0 Å². The van der Waals surface area contributed by atoms with Crippen LogP contribution in [0.1, 0.15) is 11.1 Å². The monoisotopic (exact) mass is 372 g/mol. The fourth-order valence-corrected chi connectivity index (χ4v) is 3.30. The molecule has 6 heteroatoms. The van der Waals surface area contributed by atoms with E-state index in [2.05, 4.69) is 4.90 Å². The Labute approximate surface area is 159 Å². The number of carbonyl (C=O) groups excluding carboxylic acids is 1. The predicted octanol–water partition coefficient (Wildman–Crippen LogP) is 2.73. The van der Waals surface area contributed by atoms with E-state index in [1.165, 1.54) is 6.07 Å². The third kappa shape index (κ3) is 4.77. The largest absolute Gasteiger partial charge is 0.493 e. The molecular formula is C21H25FN2O3. The molecule has 5 nitrogen and oxygen atoms in total. The summed E-state index contributed by atoms with van der Waals surface area (Å²) in [5, 5.41) is 0. The van der Waals surface area contributed by atoms with Crippen molar-refractivity contribution in [1.82, 2.24) is 9.80 Å². The maximum absolute atomic E-state index is 13.8. The van der Waals surface area contributed by atoms with Crippen LogP contribution in [0.15, 0.2) is 42.5 Å². The highest BCUT2D eigenvalue weighted by Gasteiger charge is 2.22. The summed E-state index contributed by atoms with van der Waals surface area (Å²) >= 11 is 0. The van der Waals surface area contributed by atoms with Gasteiger partial charge in [0.2, 0.25) is 5.91 Å². The molecule has 2 aromatic carbocycles. The van der Waals surface area contributed by atoms with Crippen molar-refractivity contribution in [3.8, 4) is 11.5 Å². The number of benzene rings is 2. The first-order valence-electron chi connectivity index (χ1n) is 9.05. The molecule has 27 heavy (non-hydrogen) atoms. The maximum Gasteiger partial charge on any atom is 0.227 e. The molecule has 1 fully saturated rings. The van der Waals surface area contributed by atoms with Crippen LogP contribution in [-0.2, 0) is 17.8 Å². The molecule has 1 aliphatic rings. The maximum atomic E-state index is 13.8. The molecule has 1 aliphatic heterocycles. The Morgan fingerprint density at radius 2 is 1.70 bits per heavy atom. The van der Waals surface area contributed by atoms with Gasteiger partial charge in [0.25, 0.3) is 0 Å². The predicted molar refractivity (Wildman–Crippen MR) is 102 cm³/mol. The van der Waals surface area contributed by atoms with Gasteiger partial charge < -0.3 is 14.4 Å². The van der Waals surface area contributed by atoms with Crippen LogP contribution < -0.4 is 9.47 Å². The number of halogens is 1. The van der Waals surface area contributed by atoms with Gasteiger partial charge in [-0.05, 0) is 23.8 Å². The molecular weight excluding hydrogens is 347 g/mol.